The molecule has 130 valence electrons. The first kappa shape index (κ1) is 18.6. The Morgan fingerprint density at radius 2 is 1.58 bits per heavy atom. The Bertz CT molecular complexity index is 628. The highest BCUT2D eigenvalue weighted by Crippen LogP contribution is 2.23. The highest BCUT2D eigenvalue weighted by atomic mass is 35.5. The van der Waals surface area contributed by atoms with Gasteiger partial charge < -0.3 is 15.1 Å². The summed E-state index contributed by atoms with van der Waals surface area (Å²) < 4.78 is 0. The smallest absolute Gasteiger partial charge is 0.134 e. The molecule has 0 spiro atoms. The standard InChI is InChI=1S/C20H26ClNO2/c1-2-12-22(13-3-4-16-5-8-18(23)9-6-16)14-11-17-7-10-19(21)20(24)15-17/h5-10,15,23-24H,2-4,11-14H2,1H3/p+1. The van der Waals surface area contributed by atoms with Crippen molar-refractivity contribution in [3.63, 3.8) is 0 Å². The summed E-state index contributed by atoms with van der Waals surface area (Å²) in [5.41, 5.74) is 2.40. The summed E-state index contributed by atoms with van der Waals surface area (Å²) in [4.78, 5) is 1.59. The lowest BCUT2D eigenvalue weighted by molar-refractivity contribution is -0.900. The molecule has 24 heavy (non-hydrogen) atoms. The number of hydrogen-bond donors (Lipinski definition) is 3. The SMILES string of the molecule is CCC[NH+](CCCc1ccc(O)cc1)CCc1ccc(Cl)c(O)c1. The Labute approximate surface area is 149 Å². The van der Waals surface area contributed by atoms with Crippen LogP contribution in [0, 0.1) is 0 Å². The average Bonchev–Trinajstić information content (AvgIpc) is 2.57. The second-order valence-corrected chi connectivity index (χ2v) is 6.71. The van der Waals surface area contributed by atoms with Crippen LogP contribution in [0.4, 0.5) is 0 Å². The molecular formula is C20H27ClNO2+. The molecule has 2 aromatic rings. The third-order valence-electron chi connectivity index (χ3n) is 4.31. The molecule has 1 unspecified atom stereocenters. The van der Waals surface area contributed by atoms with E-state index in [0.29, 0.717) is 10.8 Å². The zero-order chi connectivity index (χ0) is 17.4. The zero-order valence-corrected chi connectivity index (χ0v) is 15.0. The van der Waals surface area contributed by atoms with Gasteiger partial charge in [0.1, 0.15) is 11.5 Å². The molecule has 0 saturated heterocycles. The van der Waals surface area contributed by atoms with E-state index in [1.165, 1.54) is 12.0 Å². The lowest BCUT2D eigenvalue weighted by Gasteiger charge is -2.19. The van der Waals surface area contributed by atoms with E-state index >= 15 is 0 Å². The number of halogens is 1. The fraction of sp³-hybridized carbons (Fsp3) is 0.400. The maximum atomic E-state index is 9.70. The number of hydrogen-bond acceptors (Lipinski definition) is 2. The van der Waals surface area contributed by atoms with Gasteiger partial charge in [0.25, 0.3) is 0 Å². The number of phenols is 2. The second-order valence-electron chi connectivity index (χ2n) is 6.31. The normalized spacial score (nSPS) is 12.2. The Morgan fingerprint density at radius 1 is 0.875 bits per heavy atom. The quantitative estimate of drug-likeness (QED) is 0.651. The molecule has 2 aromatic carbocycles. The minimum Gasteiger partial charge on any atom is -0.508 e. The van der Waals surface area contributed by atoms with Gasteiger partial charge >= 0.3 is 0 Å². The fourth-order valence-electron chi connectivity index (χ4n) is 2.97. The fourth-order valence-corrected chi connectivity index (χ4v) is 3.09. The van der Waals surface area contributed by atoms with Crippen LogP contribution >= 0.6 is 11.6 Å². The predicted octanol–water partition coefficient (Wildman–Crippen LogP) is 3.22. The monoisotopic (exact) mass is 348 g/mol. The third-order valence-corrected chi connectivity index (χ3v) is 4.63. The Kier molecular flexibility index (Phi) is 7.41. The average molecular weight is 349 g/mol. The largest absolute Gasteiger partial charge is 0.508 e. The van der Waals surface area contributed by atoms with Gasteiger partial charge in [-0.25, -0.2) is 0 Å². The topological polar surface area (TPSA) is 44.9 Å². The summed E-state index contributed by atoms with van der Waals surface area (Å²) in [6.45, 7) is 5.57. The lowest BCUT2D eigenvalue weighted by atomic mass is 10.1. The summed E-state index contributed by atoms with van der Waals surface area (Å²) in [5, 5.41) is 19.4. The molecule has 0 aliphatic heterocycles. The highest BCUT2D eigenvalue weighted by molar-refractivity contribution is 6.31. The van der Waals surface area contributed by atoms with Gasteiger partial charge in [0, 0.05) is 12.8 Å². The van der Waals surface area contributed by atoms with Gasteiger partial charge in [-0.2, -0.15) is 0 Å². The predicted molar refractivity (Wildman–Crippen MR) is 99.1 cm³/mol. The second kappa shape index (κ2) is 9.55. The third kappa shape index (κ3) is 6.06. The Balaban J connectivity index is 1.80. The molecule has 0 heterocycles. The first-order valence-electron chi connectivity index (χ1n) is 8.67. The van der Waals surface area contributed by atoms with Crippen LogP contribution in [0.2, 0.25) is 5.02 Å². The zero-order valence-electron chi connectivity index (χ0n) is 14.3. The number of aryl methyl sites for hydroxylation is 1. The van der Waals surface area contributed by atoms with E-state index in [1.807, 2.05) is 18.2 Å². The van der Waals surface area contributed by atoms with Crippen LogP contribution in [0.5, 0.6) is 11.5 Å². The van der Waals surface area contributed by atoms with Gasteiger partial charge in [-0.1, -0.05) is 36.7 Å². The van der Waals surface area contributed by atoms with Crippen LogP contribution in [-0.4, -0.2) is 29.8 Å². The Hall–Kier alpha value is -1.71. The van der Waals surface area contributed by atoms with Crippen molar-refractivity contribution in [2.75, 3.05) is 19.6 Å². The van der Waals surface area contributed by atoms with E-state index < -0.39 is 0 Å². The van der Waals surface area contributed by atoms with Gasteiger partial charge in [-0.15, -0.1) is 0 Å². The maximum absolute atomic E-state index is 9.70. The summed E-state index contributed by atoms with van der Waals surface area (Å²) in [5.74, 6) is 0.488. The van der Waals surface area contributed by atoms with Crippen molar-refractivity contribution in [3.8, 4) is 11.5 Å². The summed E-state index contributed by atoms with van der Waals surface area (Å²) in [6.07, 6.45) is 4.28. The van der Waals surface area contributed by atoms with E-state index in [4.69, 9.17) is 11.6 Å². The van der Waals surface area contributed by atoms with E-state index in [9.17, 15) is 10.2 Å². The number of aromatic hydroxyl groups is 2. The number of benzene rings is 2. The van der Waals surface area contributed by atoms with Gasteiger partial charge in [0.05, 0.1) is 24.7 Å². The molecule has 0 fully saturated rings. The van der Waals surface area contributed by atoms with E-state index in [1.54, 1.807) is 29.2 Å². The molecule has 0 saturated carbocycles. The molecule has 0 aromatic heterocycles. The molecule has 2 rings (SSSR count). The van der Waals surface area contributed by atoms with E-state index in [-0.39, 0.29) is 5.75 Å². The van der Waals surface area contributed by atoms with Crippen LogP contribution in [0.15, 0.2) is 42.5 Å². The van der Waals surface area contributed by atoms with Crippen molar-refractivity contribution in [2.45, 2.75) is 32.6 Å². The van der Waals surface area contributed by atoms with Crippen molar-refractivity contribution in [3.05, 3.63) is 58.6 Å². The van der Waals surface area contributed by atoms with Gasteiger partial charge in [-0.3, -0.25) is 0 Å². The van der Waals surface area contributed by atoms with E-state index in [0.717, 1.165) is 44.5 Å². The molecule has 0 radical (unpaired) electrons. The maximum Gasteiger partial charge on any atom is 0.134 e. The van der Waals surface area contributed by atoms with Crippen LogP contribution in [0.1, 0.15) is 30.9 Å². The van der Waals surface area contributed by atoms with E-state index in [2.05, 4.69) is 6.92 Å². The number of rotatable bonds is 9. The molecule has 3 N–H and O–H groups in total. The van der Waals surface area contributed by atoms with Crippen molar-refractivity contribution < 1.29 is 15.1 Å². The molecule has 0 amide bonds. The molecule has 0 bridgehead atoms. The minimum absolute atomic E-state index is 0.165. The van der Waals surface area contributed by atoms with Crippen molar-refractivity contribution in [1.29, 1.82) is 0 Å². The van der Waals surface area contributed by atoms with Crippen LogP contribution < -0.4 is 4.90 Å². The number of phenolic OH excluding ortho intramolecular Hbond substituents is 2. The van der Waals surface area contributed by atoms with Crippen LogP contribution in [0.25, 0.3) is 0 Å². The molecule has 3 nitrogen and oxygen atoms in total. The molecule has 0 aliphatic rings. The summed E-state index contributed by atoms with van der Waals surface area (Å²) in [6, 6.07) is 13.0. The van der Waals surface area contributed by atoms with Crippen LogP contribution in [0.3, 0.4) is 0 Å². The summed E-state index contributed by atoms with van der Waals surface area (Å²) in [7, 11) is 0. The molecular weight excluding hydrogens is 322 g/mol. The highest BCUT2D eigenvalue weighted by Gasteiger charge is 2.09. The minimum atomic E-state index is 0.165. The van der Waals surface area contributed by atoms with Crippen LogP contribution in [-0.2, 0) is 12.8 Å². The first-order valence-corrected chi connectivity index (χ1v) is 9.05. The van der Waals surface area contributed by atoms with Gasteiger partial charge in [0.2, 0.25) is 0 Å². The number of quaternary nitrogens is 1. The number of nitrogens with one attached hydrogen (secondary N) is 1. The first-order chi connectivity index (χ1) is 11.6. The van der Waals surface area contributed by atoms with Crippen molar-refractivity contribution >= 4 is 11.6 Å². The Morgan fingerprint density at radius 3 is 2.25 bits per heavy atom. The van der Waals surface area contributed by atoms with Crippen molar-refractivity contribution in [2.24, 2.45) is 0 Å². The van der Waals surface area contributed by atoms with Gasteiger partial charge in [0.15, 0.2) is 0 Å². The van der Waals surface area contributed by atoms with Crippen molar-refractivity contribution in [1.82, 2.24) is 0 Å². The summed E-state index contributed by atoms with van der Waals surface area (Å²) >= 11 is 5.86. The molecule has 0 aliphatic carbocycles. The molecule has 4 heteroatoms. The lowest BCUT2D eigenvalue weighted by Crippen LogP contribution is -3.12. The molecule has 1 atom stereocenters. The van der Waals surface area contributed by atoms with Gasteiger partial charge in [-0.05, 0) is 48.2 Å².